The van der Waals surface area contributed by atoms with Crippen molar-refractivity contribution in [2.45, 2.75) is 13.0 Å². The average Bonchev–Trinajstić information content (AvgIpc) is 3.08. The lowest BCUT2D eigenvalue weighted by Crippen LogP contribution is -2.09. The van der Waals surface area contributed by atoms with Gasteiger partial charge < -0.3 is 4.42 Å². The fraction of sp³-hybridized carbons (Fsp3) is 0.0833. The summed E-state index contributed by atoms with van der Waals surface area (Å²) in [7, 11) is 0. The van der Waals surface area contributed by atoms with Gasteiger partial charge in [0.05, 0.1) is 12.2 Å². The molecule has 0 N–H and O–H groups in total. The maximum Gasteiger partial charge on any atom is 0.347 e. The van der Waals surface area contributed by atoms with Gasteiger partial charge in [-0.25, -0.2) is 4.79 Å². The normalized spacial score (nSPS) is 11.3. The standard InChI is InChI=1S/C24H18N2O2/c27-24-22-20(15-17-9-3-1-4-10-17)26(16-18-11-5-2-6-12-18)25-23(22)19-13-7-8-14-21(19)28-24/h1-14H,15-16H2. The molecule has 0 bridgehead atoms. The zero-order valence-electron chi connectivity index (χ0n) is 15.2. The third-order valence-electron chi connectivity index (χ3n) is 5.00. The van der Waals surface area contributed by atoms with Crippen LogP contribution in [0.5, 0.6) is 0 Å². The topological polar surface area (TPSA) is 48.0 Å². The molecule has 0 fully saturated rings. The molecule has 0 saturated heterocycles. The van der Waals surface area contributed by atoms with Crippen LogP contribution in [0, 0.1) is 0 Å². The lowest BCUT2D eigenvalue weighted by Gasteiger charge is -2.08. The molecule has 0 aliphatic rings. The number of hydrogen-bond donors (Lipinski definition) is 0. The molecule has 2 aromatic heterocycles. The molecule has 0 amide bonds. The number of rotatable bonds is 4. The molecule has 0 aliphatic heterocycles. The van der Waals surface area contributed by atoms with E-state index in [1.807, 2.05) is 65.3 Å². The van der Waals surface area contributed by atoms with Gasteiger partial charge in [-0.1, -0.05) is 72.8 Å². The Morgan fingerprint density at radius 1 is 0.786 bits per heavy atom. The molecule has 4 nitrogen and oxygen atoms in total. The van der Waals surface area contributed by atoms with Gasteiger partial charge in [0.15, 0.2) is 0 Å². The zero-order valence-corrected chi connectivity index (χ0v) is 15.2. The molecule has 0 aliphatic carbocycles. The van der Waals surface area contributed by atoms with Crippen molar-refractivity contribution in [2.75, 3.05) is 0 Å². The molecule has 28 heavy (non-hydrogen) atoms. The van der Waals surface area contributed by atoms with Gasteiger partial charge in [-0.05, 0) is 23.3 Å². The molecule has 3 aromatic carbocycles. The van der Waals surface area contributed by atoms with Crippen molar-refractivity contribution in [3.05, 3.63) is 112 Å². The van der Waals surface area contributed by atoms with E-state index >= 15 is 0 Å². The second-order valence-corrected chi connectivity index (χ2v) is 6.86. The van der Waals surface area contributed by atoms with Crippen molar-refractivity contribution in [3.63, 3.8) is 0 Å². The quantitative estimate of drug-likeness (QED) is 0.430. The van der Waals surface area contributed by atoms with Crippen LogP contribution in [-0.4, -0.2) is 9.78 Å². The predicted octanol–water partition coefficient (Wildman–Crippen LogP) is 4.78. The van der Waals surface area contributed by atoms with E-state index in [0.717, 1.165) is 22.2 Å². The van der Waals surface area contributed by atoms with E-state index in [9.17, 15) is 4.79 Å². The maximum absolute atomic E-state index is 12.8. The smallest absolute Gasteiger partial charge is 0.347 e. The summed E-state index contributed by atoms with van der Waals surface area (Å²) in [5.74, 6) is 0. The molecule has 2 heterocycles. The zero-order chi connectivity index (χ0) is 18.9. The lowest BCUT2D eigenvalue weighted by molar-refractivity contribution is 0.569. The van der Waals surface area contributed by atoms with Gasteiger partial charge in [0.1, 0.15) is 16.5 Å². The molecule has 0 atom stereocenters. The summed E-state index contributed by atoms with van der Waals surface area (Å²) in [5.41, 5.74) is 4.08. The van der Waals surface area contributed by atoms with E-state index in [1.54, 1.807) is 0 Å². The first kappa shape index (κ1) is 16.5. The van der Waals surface area contributed by atoms with Crippen LogP contribution in [0.25, 0.3) is 21.9 Å². The van der Waals surface area contributed by atoms with Crippen LogP contribution in [0.15, 0.2) is 94.1 Å². The highest BCUT2D eigenvalue weighted by atomic mass is 16.4. The van der Waals surface area contributed by atoms with Crippen molar-refractivity contribution in [2.24, 2.45) is 0 Å². The van der Waals surface area contributed by atoms with Crippen molar-refractivity contribution in [1.82, 2.24) is 9.78 Å². The Morgan fingerprint density at radius 3 is 2.18 bits per heavy atom. The summed E-state index contributed by atoms with van der Waals surface area (Å²) in [6.07, 6.45) is 0.618. The van der Waals surface area contributed by atoms with Crippen molar-refractivity contribution in [3.8, 4) is 0 Å². The second-order valence-electron chi connectivity index (χ2n) is 6.86. The third-order valence-corrected chi connectivity index (χ3v) is 5.00. The largest absolute Gasteiger partial charge is 0.422 e. The fourth-order valence-corrected chi connectivity index (χ4v) is 3.66. The average molecular weight is 366 g/mol. The number of hydrogen-bond acceptors (Lipinski definition) is 3. The highest BCUT2D eigenvalue weighted by molar-refractivity contribution is 6.02. The van der Waals surface area contributed by atoms with Crippen LogP contribution in [0.4, 0.5) is 0 Å². The fourth-order valence-electron chi connectivity index (χ4n) is 3.66. The number of aromatic nitrogens is 2. The molecule has 0 spiro atoms. The summed E-state index contributed by atoms with van der Waals surface area (Å²) in [4.78, 5) is 12.8. The molecular weight excluding hydrogens is 348 g/mol. The van der Waals surface area contributed by atoms with E-state index in [4.69, 9.17) is 9.52 Å². The van der Waals surface area contributed by atoms with E-state index in [2.05, 4.69) is 24.3 Å². The van der Waals surface area contributed by atoms with Crippen LogP contribution >= 0.6 is 0 Å². The molecule has 5 rings (SSSR count). The summed E-state index contributed by atoms with van der Waals surface area (Å²) in [6.45, 7) is 0.603. The van der Waals surface area contributed by atoms with E-state index in [-0.39, 0.29) is 5.63 Å². The predicted molar refractivity (Wildman–Crippen MR) is 111 cm³/mol. The Morgan fingerprint density at radius 2 is 1.43 bits per heavy atom. The highest BCUT2D eigenvalue weighted by Crippen LogP contribution is 2.26. The Balaban J connectivity index is 1.76. The Hall–Kier alpha value is -3.66. The second kappa shape index (κ2) is 6.82. The Bertz CT molecular complexity index is 1320. The summed E-state index contributed by atoms with van der Waals surface area (Å²) in [6, 6.07) is 27.9. The molecule has 4 heteroatoms. The summed E-state index contributed by atoms with van der Waals surface area (Å²) < 4.78 is 7.55. The van der Waals surface area contributed by atoms with Gasteiger partial charge in [0, 0.05) is 11.8 Å². The molecule has 5 aromatic rings. The molecule has 0 unspecified atom stereocenters. The number of para-hydroxylation sites is 1. The minimum Gasteiger partial charge on any atom is -0.422 e. The minimum absolute atomic E-state index is 0.334. The Kier molecular flexibility index (Phi) is 4.02. The summed E-state index contributed by atoms with van der Waals surface area (Å²) in [5, 5.41) is 6.28. The lowest BCUT2D eigenvalue weighted by atomic mass is 10.1. The molecule has 136 valence electrons. The van der Waals surface area contributed by atoms with E-state index in [1.165, 1.54) is 0 Å². The van der Waals surface area contributed by atoms with Gasteiger partial charge in [-0.2, -0.15) is 5.10 Å². The number of benzene rings is 3. The first-order valence-corrected chi connectivity index (χ1v) is 9.29. The number of fused-ring (bicyclic) bond motifs is 3. The van der Waals surface area contributed by atoms with Gasteiger partial charge in [-0.15, -0.1) is 0 Å². The first-order valence-electron chi connectivity index (χ1n) is 9.29. The van der Waals surface area contributed by atoms with Crippen LogP contribution in [0.2, 0.25) is 0 Å². The monoisotopic (exact) mass is 366 g/mol. The van der Waals surface area contributed by atoms with Gasteiger partial charge >= 0.3 is 5.63 Å². The highest BCUT2D eigenvalue weighted by Gasteiger charge is 2.19. The summed E-state index contributed by atoms with van der Waals surface area (Å²) >= 11 is 0. The molecule has 0 radical (unpaired) electrons. The third kappa shape index (κ3) is 2.89. The van der Waals surface area contributed by atoms with Crippen molar-refractivity contribution < 1.29 is 4.42 Å². The Labute approximate surface area is 161 Å². The van der Waals surface area contributed by atoms with Gasteiger partial charge in [0.2, 0.25) is 0 Å². The first-order chi connectivity index (χ1) is 13.8. The van der Waals surface area contributed by atoms with Crippen molar-refractivity contribution >= 4 is 21.9 Å². The number of nitrogens with zero attached hydrogens (tertiary/aromatic N) is 2. The maximum atomic E-state index is 12.8. The van der Waals surface area contributed by atoms with Crippen LogP contribution in [0.3, 0.4) is 0 Å². The minimum atomic E-state index is -0.334. The van der Waals surface area contributed by atoms with Crippen LogP contribution < -0.4 is 5.63 Å². The van der Waals surface area contributed by atoms with Crippen LogP contribution in [0.1, 0.15) is 16.8 Å². The van der Waals surface area contributed by atoms with E-state index < -0.39 is 0 Å². The SMILES string of the molecule is O=c1oc2ccccc2c2nn(Cc3ccccc3)c(Cc3ccccc3)c12. The van der Waals surface area contributed by atoms with E-state index in [0.29, 0.717) is 29.5 Å². The van der Waals surface area contributed by atoms with Crippen LogP contribution in [-0.2, 0) is 13.0 Å². The molecular formula is C24H18N2O2. The molecule has 0 saturated carbocycles. The van der Waals surface area contributed by atoms with Gasteiger partial charge in [0.25, 0.3) is 0 Å². The van der Waals surface area contributed by atoms with Crippen molar-refractivity contribution in [1.29, 1.82) is 0 Å². The van der Waals surface area contributed by atoms with Gasteiger partial charge in [-0.3, -0.25) is 4.68 Å².